The molecule has 5 rings (SSSR count). The minimum absolute atomic E-state index is 0.193. The van der Waals surface area contributed by atoms with Crippen LogP contribution in [-0.2, 0) is 21.3 Å². The minimum atomic E-state index is -0.193. The normalized spacial score (nSPS) is 20.2. The van der Waals surface area contributed by atoms with Gasteiger partial charge in [0, 0.05) is 71.4 Å². The van der Waals surface area contributed by atoms with E-state index in [1.807, 2.05) is 12.1 Å². The van der Waals surface area contributed by atoms with Crippen molar-refractivity contribution in [2.75, 3.05) is 45.4 Å². The first kappa shape index (κ1) is 30.1. The third-order valence-corrected chi connectivity index (χ3v) is 9.27. The van der Waals surface area contributed by atoms with Crippen LogP contribution >= 0.6 is 34.8 Å². The predicted molar refractivity (Wildman–Crippen MR) is 173 cm³/mol. The molecular weight excluding hydrogens is 575 g/mol. The van der Waals surface area contributed by atoms with Crippen LogP contribution in [0.15, 0.2) is 82.6 Å². The number of anilines is 1. The Morgan fingerprint density at radius 2 is 1.68 bits per heavy atom. The van der Waals surface area contributed by atoms with Gasteiger partial charge in [0.05, 0.1) is 12.0 Å². The fourth-order valence-corrected chi connectivity index (χ4v) is 6.84. The lowest BCUT2D eigenvalue weighted by molar-refractivity contribution is -0.441. The van der Waals surface area contributed by atoms with Crippen LogP contribution in [-0.4, -0.2) is 50.8 Å². The number of nitrogens with zero attached hydrogens (tertiary/aromatic N) is 2. The molecule has 0 atom stereocenters. The second kappa shape index (κ2) is 12.9. The van der Waals surface area contributed by atoms with Crippen LogP contribution in [0.1, 0.15) is 44.2 Å². The Morgan fingerprint density at radius 1 is 0.927 bits per heavy atom. The van der Waals surface area contributed by atoms with E-state index in [9.17, 15) is 0 Å². The second-order valence-corrected chi connectivity index (χ2v) is 12.5. The third-order valence-electron chi connectivity index (χ3n) is 8.32. The Balaban J connectivity index is 1.45. The number of rotatable bonds is 9. The molecule has 2 heterocycles. The number of benzene rings is 2. The first-order chi connectivity index (χ1) is 19.7. The van der Waals surface area contributed by atoms with E-state index in [1.165, 1.54) is 45.1 Å². The van der Waals surface area contributed by atoms with Crippen LogP contribution in [0.2, 0.25) is 10.0 Å². The maximum absolute atomic E-state index is 7.07. The average molecular weight is 613 g/mol. The van der Waals surface area contributed by atoms with Crippen molar-refractivity contribution in [1.82, 2.24) is 0 Å². The molecule has 2 aromatic rings. The molecule has 0 aromatic heterocycles. The zero-order valence-corrected chi connectivity index (χ0v) is 26.5. The summed E-state index contributed by atoms with van der Waals surface area (Å²) >= 11 is 19.8. The summed E-state index contributed by atoms with van der Waals surface area (Å²) in [6.45, 7) is 7.36. The smallest absolute Gasteiger partial charge is 0.209 e. The summed E-state index contributed by atoms with van der Waals surface area (Å²) in [6, 6.07) is 12.3. The van der Waals surface area contributed by atoms with Gasteiger partial charge in [-0.25, -0.2) is 0 Å². The van der Waals surface area contributed by atoms with Crippen LogP contribution in [0.4, 0.5) is 11.4 Å². The van der Waals surface area contributed by atoms with Crippen molar-refractivity contribution in [2.24, 2.45) is 0 Å². The number of allylic oxidation sites excluding steroid dienone is 8. The largest absolute Gasteiger partial charge is 0.383 e. The molecule has 2 aromatic carbocycles. The summed E-state index contributed by atoms with van der Waals surface area (Å²) in [5, 5.41) is 2.37. The standard InChI is InChI=1S/C34H38Cl3N2O2/c1-34(2)29-22-27(36)11-14-31(29)39(17-19-41-4)32(34)15-9-24-7-5-6-23(33(24)37)8-12-28-21-25-20-26(35)10-13-30(25)38(28)16-18-40-3/h8-15,20,22H,5-7,16-19,21H2,1-4H3/q+1. The fraction of sp³-hybridized carbons (Fsp3) is 0.382. The summed E-state index contributed by atoms with van der Waals surface area (Å²) in [4.78, 5) is 2.32. The van der Waals surface area contributed by atoms with Gasteiger partial charge in [0.25, 0.3) is 0 Å². The maximum Gasteiger partial charge on any atom is 0.209 e. The van der Waals surface area contributed by atoms with Crippen LogP contribution in [0.5, 0.6) is 0 Å². The number of hydrogen-bond donors (Lipinski definition) is 0. The zero-order valence-electron chi connectivity index (χ0n) is 24.3. The van der Waals surface area contributed by atoms with E-state index in [4.69, 9.17) is 44.3 Å². The van der Waals surface area contributed by atoms with Crippen molar-refractivity contribution in [3.63, 3.8) is 0 Å². The molecular formula is C34H38Cl3N2O2+. The summed E-state index contributed by atoms with van der Waals surface area (Å²) in [7, 11) is 3.48. The lowest BCUT2D eigenvalue weighted by atomic mass is 9.81. The maximum atomic E-state index is 7.07. The number of halogens is 3. The molecule has 0 N–H and O–H groups in total. The Labute approximate surface area is 259 Å². The fourth-order valence-electron chi connectivity index (χ4n) is 6.16. The van der Waals surface area contributed by atoms with Gasteiger partial charge in [0.2, 0.25) is 5.69 Å². The van der Waals surface area contributed by atoms with Gasteiger partial charge in [-0.3, -0.25) is 0 Å². The average Bonchev–Trinajstić information content (AvgIpc) is 3.39. The summed E-state index contributed by atoms with van der Waals surface area (Å²) in [5.41, 5.74) is 9.45. The summed E-state index contributed by atoms with van der Waals surface area (Å²) < 4.78 is 13.2. The van der Waals surface area contributed by atoms with Crippen LogP contribution in [0.3, 0.4) is 0 Å². The van der Waals surface area contributed by atoms with E-state index in [2.05, 4.69) is 71.9 Å². The quantitative estimate of drug-likeness (QED) is 0.265. The highest BCUT2D eigenvalue weighted by Gasteiger charge is 2.44. The van der Waals surface area contributed by atoms with Gasteiger partial charge in [0.1, 0.15) is 6.61 Å². The predicted octanol–water partition coefficient (Wildman–Crippen LogP) is 8.77. The molecule has 1 aliphatic carbocycles. The number of ether oxygens (including phenoxy) is 2. The molecule has 0 saturated heterocycles. The number of fused-ring (bicyclic) bond motifs is 2. The lowest BCUT2D eigenvalue weighted by Gasteiger charge is -2.21. The molecule has 0 fully saturated rings. The van der Waals surface area contributed by atoms with Crippen molar-refractivity contribution in [1.29, 1.82) is 0 Å². The molecule has 3 aliphatic rings. The van der Waals surface area contributed by atoms with Gasteiger partial charge in [-0.05, 0) is 86.2 Å². The van der Waals surface area contributed by atoms with E-state index in [0.717, 1.165) is 53.9 Å². The van der Waals surface area contributed by atoms with Crippen LogP contribution in [0.25, 0.3) is 0 Å². The van der Waals surface area contributed by atoms with Crippen LogP contribution in [0, 0.1) is 0 Å². The lowest BCUT2D eigenvalue weighted by Crippen LogP contribution is -2.28. The Hall–Kier alpha value is -2.34. The van der Waals surface area contributed by atoms with Crippen LogP contribution < -0.4 is 4.90 Å². The monoisotopic (exact) mass is 611 g/mol. The van der Waals surface area contributed by atoms with Gasteiger partial charge in [-0.15, -0.1) is 0 Å². The van der Waals surface area contributed by atoms with Gasteiger partial charge in [-0.2, -0.15) is 4.58 Å². The van der Waals surface area contributed by atoms with E-state index in [0.29, 0.717) is 13.2 Å². The first-order valence-corrected chi connectivity index (χ1v) is 15.3. The summed E-state index contributed by atoms with van der Waals surface area (Å²) in [5.74, 6) is 0. The van der Waals surface area contributed by atoms with Gasteiger partial charge >= 0.3 is 0 Å². The zero-order chi connectivity index (χ0) is 29.1. The molecule has 41 heavy (non-hydrogen) atoms. The molecule has 4 nitrogen and oxygen atoms in total. The third kappa shape index (κ3) is 6.23. The van der Waals surface area contributed by atoms with Crippen molar-refractivity contribution in [2.45, 2.75) is 44.9 Å². The van der Waals surface area contributed by atoms with Crippen molar-refractivity contribution in [3.8, 4) is 0 Å². The SMILES string of the molecule is COCCN1C(=CC=C2CCCC(C=CC3=[N+](CCOC)c4ccc(Cl)cc4C3(C)C)=C2Cl)Cc2cc(Cl)ccc21. The molecule has 7 heteroatoms. The van der Waals surface area contributed by atoms with E-state index >= 15 is 0 Å². The van der Waals surface area contributed by atoms with E-state index < -0.39 is 0 Å². The highest BCUT2D eigenvalue weighted by molar-refractivity contribution is 6.33. The number of hydrogen-bond acceptors (Lipinski definition) is 3. The van der Waals surface area contributed by atoms with E-state index in [-0.39, 0.29) is 5.41 Å². The van der Waals surface area contributed by atoms with Gasteiger partial charge < -0.3 is 14.4 Å². The molecule has 0 amide bonds. The molecule has 0 bridgehead atoms. The number of methoxy groups -OCH3 is 2. The highest BCUT2D eigenvalue weighted by atomic mass is 35.5. The Morgan fingerprint density at radius 3 is 2.46 bits per heavy atom. The Bertz CT molecular complexity index is 1480. The molecule has 0 spiro atoms. The highest BCUT2D eigenvalue weighted by Crippen LogP contribution is 2.42. The molecule has 216 valence electrons. The van der Waals surface area contributed by atoms with Crippen molar-refractivity contribution < 1.29 is 14.0 Å². The Kier molecular flexibility index (Phi) is 9.47. The van der Waals surface area contributed by atoms with E-state index in [1.54, 1.807) is 14.2 Å². The minimum Gasteiger partial charge on any atom is -0.383 e. The molecule has 2 aliphatic heterocycles. The molecule has 0 unspecified atom stereocenters. The first-order valence-electron chi connectivity index (χ1n) is 14.2. The van der Waals surface area contributed by atoms with Gasteiger partial charge in [-0.1, -0.05) is 47.0 Å². The summed E-state index contributed by atoms with van der Waals surface area (Å²) in [6.07, 6.45) is 12.7. The molecule has 0 radical (unpaired) electrons. The van der Waals surface area contributed by atoms with Gasteiger partial charge in [0.15, 0.2) is 12.3 Å². The van der Waals surface area contributed by atoms with Crippen molar-refractivity contribution >= 4 is 51.9 Å². The second-order valence-electron chi connectivity index (χ2n) is 11.3. The molecule has 0 saturated carbocycles. The topological polar surface area (TPSA) is 24.7 Å². The van der Waals surface area contributed by atoms with Crippen molar-refractivity contribution in [3.05, 3.63) is 104 Å².